The van der Waals surface area contributed by atoms with Gasteiger partial charge in [0.1, 0.15) is 0 Å². The summed E-state index contributed by atoms with van der Waals surface area (Å²) in [5.41, 5.74) is 2.72. The third-order valence-electron chi connectivity index (χ3n) is 2.79. The van der Waals surface area contributed by atoms with Crippen molar-refractivity contribution in [2.24, 2.45) is 5.92 Å². The number of anilines is 2. The highest BCUT2D eigenvalue weighted by atomic mass is 16.2. The van der Waals surface area contributed by atoms with Gasteiger partial charge in [0.2, 0.25) is 11.8 Å². The van der Waals surface area contributed by atoms with E-state index in [1.165, 1.54) is 0 Å². The first-order valence-corrected chi connectivity index (χ1v) is 5.80. The van der Waals surface area contributed by atoms with E-state index in [1.807, 2.05) is 32.0 Å². The molecule has 2 rings (SSSR count). The molecule has 0 radical (unpaired) electrons. The van der Waals surface area contributed by atoms with Gasteiger partial charge in [-0.25, -0.2) is 0 Å². The standard InChI is InChI=1S/C13H16N2O2/c1-8(2)13(17)14-10-4-5-11-9(7-10)3-6-12(16)15-11/h4-5,7-8H,3,6H2,1-2H3,(H,14,17)(H,15,16). The van der Waals surface area contributed by atoms with Gasteiger partial charge >= 0.3 is 0 Å². The van der Waals surface area contributed by atoms with Crippen LogP contribution in [0.25, 0.3) is 0 Å². The Balaban J connectivity index is 2.17. The first kappa shape index (κ1) is 11.6. The third kappa shape index (κ3) is 2.64. The van der Waals surface area contributed by atoms with Crippen molar-refractivity contribution in [1.29, 1.82) is 0 Å². The van der Waals surface area contributed by atoms with Crippen LogP contribution in [0.3, 0.4) is 0 Å². The predicted octanol–water partition coefficient (Wildman–Crippen LogP) is 2.17. The van der Waals surface area contributed by atoms with Crippen LogP contribution in [0.4, 0.5) is 11.4 Å². The maximum atomic E-state index is 11.6. The summed E-state index contributed by atoms with van der Waals surface area (Å²) >= 11 is 0. The number of hydrogen-bond acceptors (Lipinski definition) is 2. The molecular formula is C13H16N2O2. The fraction of sp³-hybridized carbons (Fsp3) is 0.385. The summed E-state index contributed by atoms with van der Waals surface area (Å²) in [5, 5.41) is 5.66. The third-order valence-corrected chi connectivity index (χ3v) is 2.79. The van der Waals surface area contributed by atoms with Gasteiger partial charge in [0.05, 0.1) is 0 Å². The predicted molar refractivity (Wildman–Crippen MR) is 66.9 cm³/mol. The maximum Gasteiger partial charge on any atom is 0.226 e. The fourth-order valence-electron chi connectivity index (χ4n) is 1.75. The summed E-state index contributed by atoms with van der Waals surface area (Å²) in [6.45, 7) is 3.71. The molecule has 0 saturated carbocycles. The second-order valence-electron chi connectivity index (χ2n) is 4.56. The Kier molecular flexibility index (Phi) is 3.13. The van der Waals surface area contributed by atoms with Crippen LogP contribution in [0, 0.1) is 5.92 Å². The van der Waals surface area contributed by atoms with Crippen LogP contribution in [-0.4, -0.2) is 11.8 Å². The molecule has 90 valence electrons. The number of carbonyl (C=O) groups is 2. The second kappa shape index (κ2) is 4.57. The number of rotatable bonds is 2. The number of hydrogen-bond donors (Lipinski definition) is 2. The summed E-state index contributed by atoms with van der Waals surface area (Å²) in [4.78, 5) is 22.7. The first-order chi connectivity index (χ1) is 8.06. The lowest BCUT2D eigenvalue weighted by Crippen LogP contribution is -2.20. The van der Waals surface area contributed by atoms with Crippen LogP contribution in [0.1, 0.15) is 25.8 Å². The summed E-state index contributed by atoms with van der Waals surface area (Å²) in [6, 6.07) is 5.57. The highest BCUT2D eigenvalue weighted by Crippen LogP contribution is 2.25. The quantitative estimate of drug-likeness (QED) is 0.821. The van der Waals surface area contributed by atoms with Gasteiger partial charge in [-0.15, -0.1) is 0 Å². The number of carbonyl (C=O) groups excluding carboxylic acids is 2. The monoisotopic (exact) mass is 232 g/mol. The molecule has 0 atom stereocenters. The molecule has 1 heterocycles. The van der Waals surface area contributed by atoms with Gasteiger partial charge in [0, 0.05) is 23.7 Å². The molecule has 0 spiro atoms. The largest absolute Gasteiger partial charge is 0.326 e. The SMILES string of the molecule is CC(C)C(=O)Nc1ccc2c(c1)CCC(=O)N2. The molecule has 0 bridgehead atoms. The van der Waals surface area contributed by atoms with Crippen molar-refractivity contribution in [1.82, 2.24) is 0 Å². The van der Waals surface area contributed by atoms with E-state index in [0.717, 1.165) is 23.4 Å². The van der Waals surface area contributed by atoms with Gasteiger partial charge in [-0.1, -0.05) is 13.8 Å². The number of fused-ring (bicyclic) bond motifs is 1. The topological polar surface area (TPSA) is 58.2 Å². The van der Waals surface area contributed by atoms with E-state index >= 15 is 0 Å². The second-order valence-corrected chi connectivity index (χ2v) is 4.56. The average Bonchev–Trinajstić information content (AvgIpc) is 2.29. The molecule has 2 N–H and O–H groups in total. The van der Waals surface area contributed by atoms with Crippen LogP contribution in [0.2, 0.25) is 0 Å². The molecule has 1 aliphatic rings. The molecule has 4 heteroatoms. The molecule has 17 heavy (non-hydrogen) atoms. The highest BCUT2D eigenvalue weighted by molar-refractivity contribution is 5.96. The Bertz CT molecular complexity index is 466. The van der Waals surface area contributed by atoms with E-state index in [1.54, 1.807) is 0 Å². The van der Waals surface area contributed by atoms with E-state index in [-0.39, 0.29) is 17.7 Å². The highest BCUT2D eigenvalue weighted by Gasteiger charge is 2.15. The van der Waals surface area contributed by atoms with Gasteiger partial charge in [-0.3, -0.25) is 9.59 Å². The Morgan fingerprint density at radius 2 is 2.12 bits per heavy atom. The molecule has 2 amide bonds. The minimum Gasteiger partial charge on any atom is -0.326 e. The van der Waals surface area contributed by atoms with E-state index in [4.69, 9.17) is 0 Å². The van der Waals surface area contributed by atoms with Gasteiger partial charge in [0.25, 0.3) is 0 Å². The summed E-state index contributed by atoms with van der Waals surface area (Å²) in [5.74, 6) is 0.0204. The van der Waals surface area contributed by atoms with Crippen molar-refractivity contribution in [2.75, 3.05) is 10.6 Å². The number of benzene rings is 1. The number of nitrogens with one attached hydrogen (secondary N) is 2. The lowest BCUT2D eigenvalue weighted by Gasteiger charge is -2.18. The van der Waals surface area contributed by atoms with E-state index in [9.17, 15) is 9.59 Å². The lowest BCUT2D eigenvalue weighted by molar-refractivity contribution is -0.119. The molecule has 0 unspecified atom stereocenters. The Morgan fingerprint density at radius 1 is 1.35 bits per heavy atom. The molecule has 0 saturated heterocycles. The van der Waals surface area contributed by atoms with Crippen molar-refractivity contribution >= 4 is 23.2 Å². The zero-order chi connectivity index (χ0) is 12.4. The van der Waals surface area contributed by atoms with Crippen molar-refractivity contribution in [3.8, 4) is 0 Å². The minimum absolute atomic E-state index is 0.00444. The number of aryl methyl sites for hydroxylation is 1. The molecule has 0 fully saturated rings. The van der Waals surface area contributed by atoms with Crippen molar-refractivity contribution < 1.29 is 9.59 Å². The van der Waals surface area contributed by atoms with Crippen molar-refractivity contribution in [3.63, 3.8) is 0 Å². The molecule has 0 aliphatic carbocycles. The van der Waals surface area contributed by atoms with Crippen LogP contribution in [0.15, 0.2) is 18.2 Å². The fourth-order valence-corrected chi connectivity index (χ4v) is 1.75. The average molecular weight is 232 g/mol. The summed E-state index contributed by atoms with van der Waals surface area (Å²) < 4.78 is 0. The Morgan fingerprint density at radius 3 is 2.82 bits per heavy atom. The molecule has 1 aliphatic heterocycles. The smallest absolute Gasteiger partial charge is 0.226 e. The van der Waals surface area contributed by atoms with E-state index in [0.29, 0.717) is 6.42 Å². The number of amides is 2. The Labute approximate surface area is 100 Å². The first-order valence-electron chi connectivity index (χ1n) is 5.80. The Hall–Kier alpha value is -1.84. The van der Waals surface area contributed by atoms with E-state index in [2.05, 4.69) is 10.6 Å². The molecular weight excluding hydrogens is 216 g/mol. The van der Waals surface area contributed by atoms with Gasteiger partial charge in [-0.2, -0.15) is 0 Å². The zero-order valence-corrected chi connectivity index (χ0v) is 10.0. The van der Waals surface area contributed by atoms with Gasteiger partial charge < -0.3 is 10.6 Å². The van der Waals surface area contributed by atoms with Crippen LogP contribution < -0.4 is 10.6 Å². The molecule has 1 aromatic rings. The van der Waals surface area contributed by atoms with Crippen LogP contribution in [-0.2, 0) is 16.0 Å². The molecule has 4 nitrogen and oxygen atoms in total. The zero-order valence-electron chi connectivity index (χ0n) is 10.0. The van der Waals surface area contributed by atoms with Crippen LogP contribution in [0.5, 0.6) is 0 Å². The molecule has 0 aromatic heterocycles. The summed E-state index contributed by atoms with van der Waals surface area (Å²) in [6.07, 6.45) is 1.24. The van der Waals surface area contributed by atoms with Crippen molar-refractivity contribution in [2.45, 2.75) is 26.7 Å². The van der Waals surface area contributed by atoms with Gasteiger partial charge in [-0.05, 0) is 30.2 Å². The van der Waals surface area contributed by atoms with Crippen molar-refractivity contribution in [3.05, 3.63) is 23.8 Å². The summed E-state index contributed by atoms with van der Waals surface area (Å²) in [7, 11) is 0. The normalized spacial score (nSPS) is 14.2. The lowest BCUT2D eigenvalue weighted by atomic mass is 10.0. The molecule has 1 aromatic carbocycles. The van der Waals surface area contributed by atoms with E-state index < -0.39 is 0 Å². The van der Waals surface area contributed by atoms with Crippen LogP contribution >= 0.6 is 0 Å². The minimum atomic E-state index is -0.0364. The maximum absolute atomic E-state index is 11.6. The van der Waals surface area contributed by atoms with Gasteiger partial charge in [0.15, 0.2) is 0 Å².